The number of rotatable bonds is 8. The number of methoxy groups -OCH3 is 4. The fourth-order valence-corrected chi connectivity index (χ4v) is 3.90. The van der Waals surface area contributed by atoms with Crippen molar-refractivity contribution >= 4 is 0 Å². The van der Waals surface area contributed by atoms with Crippen molar-refractivity contribution in [3.63, 3.8) is 0 Å². The van der Waals surface area contributed by atoms with Crippen LogP contribution in [-0.4, -0.2) is 51.9 Å². The summed E-state index contributed by atoms with van der Waals surface area (Å²) < 4.78 is 27.3. The minimum atomic E-state index is -0.822. The van der Waals surface area contributed by atoms with E-state index in [1.54, 1.807) is 46.6 Å². The number of benzene rings is 2. The van der Waals surface area contributed by atoms with Crippen molar-refractivity contribution in [3.05, 3.63) is 47.5 Å². The molecular formula is C22H28O7. The van der Waals surface area contributed by atoms with Crippen LogP contribution >= 0.6 is 0 Å². The largest absolute Gasteiger partial charge is 0.493 e. The third-order valence-corrected chi connectivity index (χ3v) is 5.51. The molecule has 1 fully saturated rings. The summed E-state index contributed by atoms with van der Waals surface area (Å²) in [5, 5.41) is 21.1. The van der Waals surface area contributed by atoms with E-state index in [4.69, 9.17) is 23.7 Å². The Bertz CT molecular complexity index is 823. The van der Waals surface area contributed by atoms with Gasteiger partial charge in [0, 0.05) is 18.4 Å². The monoisotopic (exact) mass is 404 g/mol. The lowest BCUT2D eigenvalue weighted by atomic mass is 9.82. The minimum absolute atomic E-state index is 0.117. The number of ether oxygens (including phenoxy) is 5. The first-order chi connectivity index (χ1) is 14.1. The first kappa shape index (κ1) is 21.2. The lowest BCUT2D eigenvalue weighted by molar-refractivity contribution is 0.0632. The van der Waals surface area contributed by atoms with Gasteiger partial charge in [0.05, 0.1) is 47.3 Å². The fraction of sp³-hybridized carbons (Fsp3) is 0.455. The van der Waals surface area contributed by atoms with Gasteiger partial charge in [-0.3, -0.25) is 0 Å². The van der Waals surface area contributed by atoms with Gasteiger partial charge in [0.15, 0.2) is 23.0 Å². The molecule has 0 bridgehead atoms. The third kappa shape index (κ3) is 4.12. The van der Waals surface area contributed by atoms with E-state index in [1.165, 1.54) is 0 Å². The molecule has 7 nitrogen and oxygen atoms in total. The van der Waals surface area contributed by atoms with Gasteiger partial charge in [-0.15, -0.1) is 0 Å². The second-order valence-corrected chi connectivity index (χ2v) is 6.94. The van der Waals surface area contributed by atoms with Crippen molar-refractivity contribution in [3.8, 4) is 23.0 Å². The number of aliphatic hydroxyl groups excluding tert-OH is 2. The Labute approximate surface area is 170 Å². The predicted molar refractivity (Wildman–Crippen MR) is 107 cm³/mol. The molecular weight excluding hydrogens is 376 g/mol. The molecule has 29 heavy (non-hydrogen) atoms. The molecule has 4 unspecified atom stereocenters. The van der Waals surface area contributed by atoms with E-state index in [9.17, 15) is 10.2 Å². The molecule has 0 aromatic heterocycles. The van der Waals surface area contributed by atoms with Gasteiger partial charge in [-0.25, -0.2) is 0 Å². The lowest BCUT2D eigenvalue weighted by Crippen LogP contribution is -2.25. The number of hydrogen-bond acceptors (Lipinski definition) is 7. The van der Waals surface area contributed by atoms with Crippen molar-refractivity contribution in [1.82, 2.24) is 0 Å². The summed E-state index contributed by atoms with van der Waals surface area (Å²) in [6, 6.07) is 10.8. The Morgan fingerprint density at radius 3 is 2.07 bits per heavy atom. The van der Waals surface area contributed by atoms with Crippen LogP contribution in [0.2, 0.25) is 0 Å². The Balaban J connectivity index is 1.85. The summed E-state index contributed by atoms with van der Waals surface area (Å²) >= 11 is 0. The van der Waals surface area contributed by atoms with Crippen LogP contribution in [0.1, 0.15) is 23.3 Å². The molecule has 1 aliphatic heterocycles. The normalized spacial score (nSPS) is 22.2. The van der Waals surface area contributed by atoms with Gasteiger partial charge >= 0.3 is 0 Å². The maximum absolute atomic E-state index is 11.0. The second-order valence-electron chi connectivity index (χ2n) is 6.94. The SMILES string of the molecule is COc1ccc(C(O)C2COC(c3ccc(OC)c(OC)c3)C2CO)cc1OC. The Morgan fingerprint density at radius 1 is 0.897 bits per heavy atom. The van der Waals surface area contributed by atoms with Gasteiger partial charge in [0.2, 0.25) is 0 Å². The van der Waals surface area contributed by atoms with E-state index in [-0.39, 0.29) is 24.5 Å². The first-order valence-corrected chi connectivity index (χ1v) is 9.42. The van der Waals surface area contributed by atoms with Crippen molar-refractivity contribution in [2.45, 2.75) is 12.2 Å². The van der Waals surface area contributed by atoms with E-state index in [1.807, 2.05) is 18.2 Å². The van der Waals surface area contributed by atoms with Crippen molar-refractivity contribution in [1.29, 1.82) is 0 Å². The molecule has 1 aliphatic rings. The summed E-state index contributed by atoms with van der Waals surface area (Å²) in [6.07, 6.45) is -1.18. The maximum Gasteiger partial charge on any atom is 0.161 e. The van der Waals surface area contributed by atoms with Gasteiger partial charge in [-0.1, -0.05) is 12.1 Å². The zero-order valence-corrected chi connectivity index (χ0v) is 17.1. The van der Waals surface area contributed by atoms with Crippen LogP contribution < -0.4 is 18.9 Å². The quantitative estimate of drug-likeness (QED) is 0.700. The van der Waals surface area contributed by atoms with Gasteiger partial charge in [0.25, 0.3) is 0 Å². The molecule has 0 amide bonds. The molecule has 0 saturated carbocycles. The van der Waals surface area contributed by atoms with Gasteiger partial charge in [0.1, 0.15) is 0 Å². The molecule has 1 heterocycles. The predicted octanol–water partition coefficient (Wildman–Crippen LogP) is 2.75. The molecule has 1 saturated heterocycles. The Morgan fingerprint density at radius 2 is 1.48 bits per heavy atom. The van der Waals surface area contributed by atoms with Crippen molar-refractivity contribution in [2.75, 3.05) is 41.7 Å². The molecule has 0 aliphatic carbocycles. The van der Waals surface area contributed by atoms with Crippen LogP contribution in [0.3, 0.4) is 0 Å². The van der Waals surface area contributed by atoms with Crippen LogP contribution in [0, 0.1) is 11.8 Å². The van der Waals surface area contributed by atoms with E-state index >= 15 is 0 Å². The van der Waals surface area contributed by atoms with E-state index < -0.39 is 6.10 Å². The summed E-state index contributed by atoms with van der Waals surface area (Å²) in [5.41, 5.74) is 1.55. The molecule has 3 rings (SSSR count). The number of hydrogen-bond donors (Lipinski definition) is 2. The highest BCUT2D eigenvalue weighted by Gasteiger charge is 2.42. The van der Waals surface area contributed by atoms with Crippen LogP contribution in [0.4, 0.5) is 0 Å². The van der Waals surface area contributed by atoms with Crippen molar-refractivity contribution < 1.29 is 33.9 Å². The smallest absolute Gasteiger partial charge is 0.161 e. The van der Waals surface area contributed by atoms with Crippen LogP contribution in [0.15, 0.2) is 36.4 Å². The molecule has 7 heteroatoms. The molecule has 0 radical (unpaired) electrons. The van der Waals surface area contributed by atoms with E-state index in [0.29, 0.717) is 35.2 Å². The van der Waals surface area contributed by atoms with Gasteiger partial charge in [-0.2, -0.15) is 0 Å². The summed E-state index contributed by atoms with van der Waals surface area (Å²) in [7, 11) is 6.27. The maximum atomic E-state index is 11.0. The molecule has 158 valence electrons. The average Bonchev–Trinajstić information content (AvgIpc) is 3.21. The van der Waals surface area contributed by atoms with E-state index in [0.717, 1.165) is 5.56 Å². The number of aliphatic hydroxyl groups is 2. The zero-order valence-electron chi connectivity index (χ0n) is 17.1. The second kappa shape index (κ2) is 9.35. The first-order valence-electron chi connectivity index (χ1n) is 9.42. The van der Waals surface area contributed by atoms with E-state index in [2.05, 4.69) is 0 Å². The Kier molecular flexibility index (Phi) is 6.84. The highest BCUT2D eigenvalue weighted by Crippen LogP contribution is 2.46. The van der Waals surface area contributed by atoms with Crippen LogP contribution in [-0.2, 0) is 4.74 Å². The average molecular weight is 404 g/mol. The highest BCUT2D eigenvalue weighted by atomic mass is 16.5. The molecule has 0 spiro atoms. The molecule has 2 aromatic rings. The fourth-order valence-electron chi connectivity index (χ4n) is 3.90. The summed E-state index contributed by atoms with van der Waals surface area (Å²) in [5.74, 6) is 1.78. The third-order valence-electron chi connectivity index (χ3n) is 5.51. The lowest BCUT2D eigenvalue weighted by Gasteiger charge is -2.26. The minimum Gasteiger partial charge on any atom is -0.493 e. The molecule has 4 atom stereocenters. The highest BCUT2D eigenvalue weighted by molar-refractivity contribution is 5.45. The summed E-state index contributed by atoms with van der Waals surface area (Å²) in [4.78, 5) is 0. The van der Waals surface area contributed by atoms with Crippen LogP contribution in [0.25, 0.3) is 0 Å². The molecule has 2 aromatic carbocycles. The zero-order chi connectivity index (χ0) is 21.0. The standard InChI is InChI=1S/C22H28O7/c1-25-17-7-5-13(9-19(17)27-3)21(24)16-12-29-22(15(16)11-23)14-6-8-18(26-2)20(10-14)28-4/h5-10,15-16,21-24H,11-12H2,1-4H3. The Hall–Kier alpha value is -2.48. The van der Waals surface area contributed by atoms with Crippen LogP contribution in [0.5, 0.6) is 23.0 Å². The van der Waals surface area contributed by atoms with Gasteiger partial charge in [-0.05, 0) is 35.4 Å². The summed E-state index contributed by atoms with van der Waals surface area (Å²) in [6.45, 7) is 0.202. The van der Waals surface area contributed by atoms with Gasteiger partial charge < -0.3 is 33.9 Å². The molecule has 2 N–H and O–H groups in total. The van der Waals surface area contributed by atoms with Crippen molar-refractivity contribution in [2.24, 2.45) is 11.8 Å². The topological polar surface area (TPSA) is 86.6 Å².